The zero-order valence-corrected chi connectivity index (χ0v) is 16.5. The van der Waals surface area contributed by atoms with Crippen LogP contribution in [-0.4, -0.2) is 29.3 Å². The van der Waals surface area contributed by atoms with Crippen LogP contribution in [0.3, 0.4) is 0 Å². The van der Waals surface area contributed by atoms with Crippen molar-refractivity contribution < 1.29 is 28.0 Å². The Morgan fingerprint density at radius 1 is 1.11 bits per heavy atom. The summed E-state index contributed by atoms with van der Waals surface area (Å²) in [7, 11) is -1.05. The summed E-state index contributed by atoms with van der Waals surface area (Å²) in [5.41, 5.74) is -2.08. The summed E-state index contributed by atoms with van der Waals surface area (Å²) in [6.07, 6.45) is 0. The largest absolute Gasteiger partial charge is 0.507 e. The molecule has 0 bridgehead atoms. The monoisotopic (exact) mass is 409 g/mol. The number of carbonyl (C=O) groups is 1. The van der Waals surface area contributed by atoms with Gasteiger partial charge in [0.15, 0.2) is 0 Å². The van der Waals surface area contributed by atoms with Crippen molar-refractivity contribution in [3.63, 3.8) is 0 Å². The van der Waals surface area contributed by atoms with Crippen molar-refractivity contribution in [3.05, 3.63) is 52.6 Å². The van der Waals surface area contributed by atoms with E-state index < -0.39 is 41.6 Å². The standard InChI is InChI=1S/C19H19BClF2NO4/c1-18(2)19(3,4)28-20(27-18)11-9-15(25)10(8-14(11)23)17(26)24-16-12(21)6-5-7-13(16)22/h5-9,25H,1-4H3,(H,24,26). The summed E-state index contributed by atoms with van der Waals surface area (Å²) in [5, 5.41) is 12.5. The maximum atomic E-state index is 14.7. The number of nitrogens with one attached hydrogen (secondary N) is 1. The van der Waals surface area contributed by atoms with Crippen molar-refractivity contribution in [2.45, 2.75) is 38.9 Å². The summed E-state index contributed by atoms with van der Waals surface area (Å²) in [6, 6.07) is 5.80. The van der Waals surface area contributed by atoms with Gasteiger partial charge in [-0.05, 0) is 52.0 Å². The van der Waals surface area contributed by atoms with Gasteiger partial charge in [0, 0.05) is 5.46 Å². The van der Waals surface area contributed by atoms with E-state index in [2.05, 4.69) is 5.32 Å². The Kier molecular flexibility index (Phi) is 5.16. The maximum Gasteiger partial charge on any atom is 0.497 e. The molecule has 0 unspecified atom stereocenters. The highest BCUT2D eigenvalue weighted by atomic mass is 35.5. The molecule has 3 rings (SSSR count). The van der Waals surface area contributed by atoms with Crippen LogP contribution in [0.5, 0.6) is 5.75 Å². The van der Waals surface area contributed by atoms with Crippen molar-refractivity contribution in [1.29, 1.82) is 0 Å². The topological polar surface area (TPSA) is 67.8 Å². The molecule has 1 fully saturated rings. The fraction of sp³-hybridized carbons (Fsp3) is 0.316. The Balaban J connectivity index is 1.90. The summed E-state index contributed by atoms with van der Waals surface area (Å²) >= 11 is 5.87. The van der Waals surface area contributed by atoms with Gasteiger partial charge >= 0.3 is 7.12 Å². The lowest BCUT2D eigenvalue weighted by Gasteiger charge is -2.32. The average molecular weight is 410 g/mol. The first-order valence-corrected chi connectivity index (χ1v) is 8.94. The summed E-state index contributed by atoms with van der Waals surface area (Å²) in [5.74, 6) is -2.98. The number of hydrogen-bond acceptors (Lipinski definition) is 4. The van der Waals surface area contributed by atoms with Gasteiger partial charge in [0.25, 0.3) is 5.91 Å². The molecule has 1 amide bonds. The van der Waals surface area contributed by atoms with Crippen LogP contribution >= 0.6 is 11.6 Å². The maximum absolute atomic E-state index is 14.7. The third-order valence-corrected chi connectivity index (χ3v) is 5.38. The number of halogens is 3. The molecule has 1 aliphatic rings. The molecule has 2 aromatic carbocycles. The van der Waals surface area contributed by atoms with Gasteiger partial charge in [-0.3, -0.25) is 4.79 Å². The molecule has 2 aromatic rings. The predicted octanol–water partition coefficient (Wildman–Crippen LogP) is 3.88. The molecule has 9 heteroatoms. The number of para-hydroxylation sites is 1. The molecule has 2 N–H and O–H groups in total. The molecule has 0 aromatic heterocycles. The highest BCUT2D eigenvalue weighted by Crippen LogP contribution is 2.37. The molecule has 148 valence electrons. The second-order valence-corrected chi connectivity index (χ2v) is 7.94. The molecule has 0 aliphatic carbocycles. The number of aromatic hydroxyl groups is 1. The van der Waals surface area contributed by atoms with Gasteiger partial charge in [0.2, 0.25) is 0 Å². The minimum atomic E-state index is -1.05. The van der Waals surface area contributed by atoms with Crippen LogP contribution in [0.15, 0.2) is 30.3 Å². The molecular weight excluding hydrogens is 390 g/mol. The van der Waals surface area contributed by atoms with E-state index in [1.54, 1.807) is 0 Å². The molecule has 28 heavy (non-hydrogen) atoms. The van der Waals surface area contributed by atoms with Crippen molar-refractivity contribution in [2.24, 2.45) is 0 Å². The van der Waals surface area contributed by atoms with Crippen LogP contribution in [0.4, 0.5) is 14.5 Å². The zero-order valence-electron chi connectivity index (χ0n) is 15.8. The number of carbonyl (C=O) groups excluding carboxylic acids is 1. The second-order valence-electron chi connectivity index (χ2n) is 7.53. The first-order chi connectivity index (χ1) is 12.9. The molecule has 0 spiro atoms. The van der Waals surface area contributed by atoms with Crippen LogP contribution in [0.25, 0.3) is 0 Å². The van der Waals surface area contributed by atoms with Crippen molar-refractivity contribution >= 4 is 35.8 Å². The Morgan fingerprint density at radius 2 is 1.71 bits per heavy atom. The molecule has 1 aliphatic heterocycles. The van der Waals surface area contributed by atoms with Crippen LogP contribution < -0.4 is 10.8 Å². The Labute approximate surface area is 166 Å². The van der Waals surface area contributed by atoms with Gasteiger partial charge in [-0.15, -0.1) is 0 Å². The summed E-state index contributed by atoms with van der Waals surface area (Å²) in [4.78, 5) is 12.4. The third kappa shape index (κ3) is 3.59. The summed E-state index contributed by atoms with van der Waals surface area (Å²) in [6.45, 7) is 7.24. The van der Waals surface area contributed by atoms with Gasteiger partial charge in [0.05, 0.1) is 27.5 Å². The molecule has 5 nitrogen and oxygen atoms in total. The fourth-order valence-electron chi connectivity index (χ4n) is 2.71. The van der Waals surface area contributed by atoms with E-state index in [0.29, 0.717) is 0 Å². The molecule has 0 atom stereocenters. The van der Waals surface area contributed by atoms with E-state index in [4.69, 9.17) is 20.9 Å². The number of amides is 1. The van der Waals surface area contributed by atoms with Crippen LogP contribution in [0, 0.1) is 11.6 Å². The van der Waals surface area contributed by atoms with Crippen molar-refractivity contribution in [2.75, 3.05) is 5.32 Å². The van der Waals surface area contributed by atoms with Gasteiger partial charge < -0.3 is 19.7 Å². The average Bonchev–Trinajstić information content (AvgIpc) is 2.80. The van der Waals surface area contributed by atoms with Gasteiger partial charge in [-0.25, -0.2) is 8.78 Å². The fourth-order valence-corrected chi connectivity index (χ4v) is 2.92. The Bertz CT molecular complexity index is 916. The lowest BCUT2D eigenvalue weighted by molar-refractivity contribution is 0.00578. The SMILES string of the molecule is CC1(C)OB(c2cc(O)c(C(=O)Nc3c(F)cccc3Cl)cc2F)OC1(C)C. The van der Waals surface area contributed by atoms with Crippen LogP contribution in [-0.2, 0) is 9.31 Å². The molecule has 1 heterocycles. The predicted molar refractivity (Wildman–Crippen MR) is 103 cm³/mol. The number of hydrogen-bond donors (Lipinski definition) is 2. The number of anilines is 1. The second kappa shape index (κ2) is 7.02. The van der Waals surface area contributed by atoms with Crippen molar-refractivity contribution in [1.82, 2.24) is 0 Å². The first kappa shape index (κ1) is 20.6. The van der Waals surface area contributed by atoms with Crippen molar-refractivity contribution in [3.8, 4) is 5.75 Å². The molecular formula is C19H19BClF2NO4. The van der Waals surface area contributed by atoms with E-state index >= 15 is 0 Å². The quantitative estimate of drug-likeness (QED) is 0.755. The molecule has 0 radical (unpaired) electrons. The third-order valence-electron chi connectivity index (χ3n) is 5.07. The lowest BCUT2D eigenvalue weighted by atomic mass is 9.78. The molecule has 0 saturated carbocycles. The number of phenolic OH excluding ortho intramolecular Hbond substituents is 1. The van der Waals surface area contributed by atoms with E-state index in [1.807, 2.05) is 27.7 Å². The first-order valence-electron chi connectivity index (χ1n) is 8.56. The minimum Gasteiger partial charge on any atom is -0.507 e. The van der Waals surface area contributed by atoms with Gasteiger partial charge in [-0.1, -0.05) is 17.7 Å². The van der Waals surface area contributed by atoms with E-state index in [9.17, 15) is 18.7 Å². The van der Waals surface area contributed by atoms with Crippen LogP contribution in [0.2, 0.25) is 5.02 Å². The highest BCUT2D eigenvalue weighted by Gasteiger charge is 2.52. The zero-order chi connectivity index (χ0) is 20.9. The van der Waals surface area contributed by atoms with Gasteiger partial charge in [0.1, 0.15) is 17.4 Å². The smallest absolute Gasteiger partial charge is 0.497 e. The molecule has 1 saturated heterocycles. The van der Waals surface area contributed by atoms with Gasteiger partial charge in [-0.2, -0.15) is 0 Å². The summed E-state index contributed by atoms with van der Waals surface area (Å²) < 4.78 is 40.1. The number of benzene rings is 2. The number of rotatable bonds is 3. The Morgan fingerprint density at radius 3 is 2.29 bits per heavy atom. The normalized spacial score (nSPS) is 17.6. The minimum absolute atomic E-state index is 0.0258. The van der Waals surface area contributed by atoms with E-state index in [0.717, 1.165) is 18.2 Å². The lowest BCUT2D eigenvalue weighted by Crippen LogP contribution is -2.41. The highest BCUT2D eigenvalue weighted by molar-refractivity contribution is 6.62. The number of phenols is 1. The van der Waals surface area contributed by atoms with E-state index in [1.165, 1.54) is 12.1 Å². The Hall–Kier alpha value is -2.16. The van der Waals surface area contributed by atoms with E-state index in [-0.39, 0.29) is 21.7 Å². The van der Waals surface area contributed by atoms with Crippen LogP contribution in [0.1, 0.15) is 38.1 Å².